The van der Waals surface area contributed by atoms with Gasteiger partial charge in [-0.3, -0.25) is 4.98 Å². The molecule has 0 amide bonds. The lowest BCUT2D eigenvalue weighted by atomic mass is 10.3. The minimum atomic E-state index is 0.643. The molecular formula is C15H17N5S. The lowest BCUT2D eigenvalue weighted by Crippen LogP contribution is -2.19. The average molecular weight is 299 g/mol. The molecule has 0 fully saturated rings. The maximum Gasteiger partial charge on any atom is 0.225 e. The standard InChI is InChI=1S/C15H17N5S/c1-10-5-4-6-11(17-10)9-20(3)13-12-7-8-21-14(12)19-15(16-2)18-13/h4-8H,9H2,1-3H3,(H,16,18,19). The summed E-state index contributed by atoms with van der Waals surface area (Å²) < 4.78 is 0. The van der Waals surface area contributed by atoms with Crippen LogP contribution in [0.2, 0.25) is 0 Å². The number of rotatable bonds is 4. The first kappa shape index (κ1) is 13.8. The van der Waals surface area contributed by atoms with E-state index in [0.717, 1.165) is 27.4 Å². The molecule has 0 bridgehead atoms. The zero-order chi connectivity index (χ0) is 14.8. The Morgan fingerprint density at radius 3 is 2.81 bits per heavy atom. The van der Waals surface area contributed by atoms with E-state index in [-0.39, 0.29) is 0 Å². The number of aromatic nitrogens is 3. The molecule has 108 valence electrons. The van der Waals surface area contributed by atoms with Gasteiger partial charge >= 0.3 is 0 Å². The van der Waals surface area contributed by atoms with Crippen LogP contribution in [-0.4, -0.2) is 29.0 Å². The Kier molecular flexibility index (Phi) is 3.70. The highest BCUT2D eigenvalue weighted by Gasteiger charge is 2.13. The molecule has 3 rings (SSSR count). The Morgan fingerprint density at radius 1 is 1.19 bits per heavy atom. The molecule has 0 aliphatic carbocycles. The monoisotopic (exact) mass is 299 g/mol. The first-order valence-electron chi connectivity index (χ1n) is 6.74. The number of pyridine rings is 1. The summed E-state index contributed by atoms with van der Waals surface area (Å²) in [6.45, 7) is 2.72. The first-order chi connectivity index (χ1) is 10.2. The molecule has 0 radical (unpaired) electrons. The lowest BCUT2D eigenvalue weighted by molar-refractivity contribution is 0.862. The number of hydrogen-bond donors (Lipinski definition) is 1. The minimum absolute atomic E-state index is 0.643. The third kappa shape index (κ3) is 2.80. The lowest BCUT2D eigenvalue weighted by Gasteiger charge is -2.19. The number of fused-ring (bicyclic) bond motifs is 1. The Bertz CT molecular complexity index is 768. The van der Waals surface area contributed by atoms with Crippen molar-refractivity contribution in [1.29, 1.82) is 0 Å². The van der Waals surface area contributed by atoms with Crippen molar-refractivity contribution < 1.29 is 0 Å². The Labute approximate surface area is 127 Å². The average Bonchev–Trinajstić information content (AvgIpc) is 2.94. The van der Waals surface area contributed by atoms with Gasteiger partial charge in [-0.2, -0.15) is 4.98 Å². The molecule has 6 heteroatoms. The second kappa shape index (κ2) is 5.65. The maximum atomic E-state index is 4.59. The van der Waals surface area contributed by atoms with E-state index < -0.39 is 0 Å². The number of aryl methyl sites for hydroxylation is 1. The molecule has 0 atom stereocenters. The molecule has 3 aromatic rings. The van der Waals surface area contributed by atoms with Crippen LogP contribution in [0.5, 0.6) is 0 Å². The summed E-state index contributed by atoms with van der Waals surface area (Å²) in [5.74, 6) is 1.57. The first-order valence-corrected chi connectivity index (χ1v) is 7.62. The van der Waals surface area contributed by atoms with E-state index in [1.807, 2.05) is 44.6 Å². The molecule has 3 heterocycles. The molecule has 0 aromatic carbocycles. The van der Waals surface area contributed by atoms with Gasteiger partial charge in [-0.05, 0) is 30.5 Å². The molecule has 1 N–H and O–H groups in total. The number of hydrogen-bond acceptors (Lipinski definition) is 6. The van der Waals surface area contributed by atoms with Crippen molar-refractivity contribution in [2.45, 2.75) is 13.5 Å². The van der Waals surface area contributed by atoms with Crippen LogP contribution >= 0.6 is 11.3 Å². The summed E-state index contributed by atoms with van der Waals surface area (Å²) in [6.07, 6.45) is 0. The number of anilines is 2. The topological polar surface area (TPSA) is 53.9 Å². The van der Waals surface area contributed by atoms with Crippen molar-refractivity contribution in [3.63, 3.8) is 0 Å². The van der Waals surface area contributed by atoms with Gasteiger partial charge in [-0.1, -0.05) is 6.07 Å². The molecular weight excluding hydrogens is 282 g/mol. The van der Waals surface area contributed by atoms with Gasteiger partial charge in [-0.25, -0.2) is 4.98 Å². The summed E-state index contributed by atoms with van der Waals surface area (Å²) in [5, 5.41) is 6.14. The van der Waals surface area contributed by atoms with Crippen LogP contribution in [0.15, 0.2) is 29.6 Å². The summed E-state index contributed by atoms with van der Waals surface area (Å²) in [6, 6.07) is 8.14. The molecule has 0 saturated carbocycles. The number of thiophene rings is 1. The zero-order valence-electron chi connectivity index (χ0n) is 12.3. The quantitative estimate of drug-likeness (QED) is 0.802. The molecule has 0 spiro atoms. The highest BCUT2D eigenvalue weighted by atomic mass is 32.1. The fourth-order valence-corrected chi connectivity index (χ4v) is 3.01. The van der Waals surface area contributed by atoms with Crippen LogP contribution in [0.25, 0.3) is 10.2 Å². The van der Waals surface area contributed by atoms with E-state index in [0.29, 0.717) is 12.5 Å². The van der Waals surface area contributed by atoms with Crippen LogP contribution < -0.4 is 10.2 Å². The van der Waals surface area contributed by atoms with Gasteiger partial charge in [0.05, 0.1) is 17.6 Å². The fourth-order valence-electron chi connectivity index (χ4n) is 2.25. The van der Waals surface area contributed by atoms with E-state index in [1.54, 1.807) is 11.3 Å². The van der Waals surface area contributed by atoms with Gasteiger partial charge in [0.2, 0.25) is 5.95 Å². The fraction of sp³-hybridized carbons (Fsp3) is 0.267. The Balaban J connectivity index is 1.97. The Morgan fingerprint density at radius 2 is 2.05 bits per heavy atom. The van der Waals surface area contributed by atoms with E-state index >= 15 is 0 Å². The van der Waals surface area contributed by atoms with E-state index in [9.17, 15) is 0 Å². The van der Waals surface area contributed by atoms with Crippen molar-refractivity contribution in [1.82, 2.24) is 15.0 Å². The summed E-state index contributed by atoms with van der Waals surface area (Å²) in [4.78, 5) is 16.7. The largest absolute Gasteiger partial charge is 0.357 e. The molecule has 3 aromatic heterocycles. The third-order valence-electron chi connectivity index (χ3n) is 3.24. The van der Waals surface area contributed by atoms with Crippen LogP contribution in [0, 0.1) is 6.92 Å². The highest BCUT2D eigenvalue weighted by molar-refractivity contribution is 7.16. The number of nitrogens with zero attached hydrogens (tertiary/aromatic N) is 4. The molecule has 0 aliphatic heterocycles. The molecule has 0 aliphatic rings. The summed E-state index contributed by atoms with van der Waals surface area (Å²) in [7, 11) is 3.86. The predicted molar refractivity (Wildman–Crippen MR) is 88.0 cm³/mol. The normalized spacial score (nSPS) is 10.8. The third-order valence-corrected chi connectivity index (χ3v) is 4.04. The smallest absolute Gasteiger partial charge is 0.225 e. The highest BCUT2D eigenvalue weighted by Crippen LogP contribution is 2.29. The van der Waals surface area contributed by atoms with Crippen molar-refractivity contribution in [3.8, 4) is 0 Å². The molecule has 0 saturated heterocycles. The van der Waals surface area contributed by atoms with Crippen molar-refractivity contribution in [2.75, 3.05) is 24.3 Å². The van der Waals surface area contributed by atoms with Crippen molar-refractivity contribution in [3.05, 3.63) is 41.0 Å². The predicted octanol–water partition coefficient (Wildman–Crippen LogP) is 3.07. The molecule has 5 nitrogen and oxygen atoms in total. The van der Waals surface area contributed by atoms with Gasteiger partial charge in [-0.15, -0.1) is 11.3 Å². The van der Waals surface area contributed by atoms with E-state index in [4.69, 9.17) is 0 Å². The van der Waals surface area contributed by atoms with Gasteiger partial charge in [0.1, 0.15) is 10.6 Å². The van der Waals surface area contributed by atoms with Gasteiger partial charge in [0.15, 0.2) is 0 Å². The van der Waals surface area contributed by atoms with Crippen LogP contribution in [0.1, 0.15) is 11.4 Å². The molecule has 21 heavy (non-hydrogen) atoms. The van der Waals surface area contributed by atoms with Crippen molar-refractivity contribution in [2.24, 2.45) is 0 Å². The van der Waals surface area contributed by atoms with Gasteiger partial charge < -0.3 is 10.2 Å². The molecule has 0 unspecified atom stereocenters. The summed E-state index contributed by atoms with van der Waals surface area (Å²) in [5.41, 5.74) is 2.06. The maximum absolute atomic E-state index is 4.59. The van der Waals surface area contributed by atoms with Crippen LogP contribution in [0.4, 0.5) is 11.8 Å². The SMILES string of the molecule is CNc1nc(N(C)Cc2cccc(C)n2)c2ccsc2n1. The second-order valence-corrected chi connectivity index (χ2v) is 5.78. The van der Waals surface area contributed by atoms with Crippen LogP contribution in [-0.2, 0) is 6.54 Å². The zero-order valence-corrected chi connectivity index (χ0v) is 13.1. The van der Waals surface area contributed by atoms with Gasteiger partial charge in [0.25, 0.3) is 0 Å². The van der Waals surface area contributed by atoms with Crippen molar-refractivity contribution >= 4 is 33.3 Å². The minimum Gasteiger partial charge on any atom is -0.357 e. The second-order valence-electron chi connectivity index (χ2n) is 4.89. The summed E-state index contributed by atoms with van der Waals surface area (Å²) >= 11 is 1.62. The Hall–Kier alpha value is -2.21. The van der Waals surface area contributed by atoms with Gasteiger partial charge in [0, 0.05) is 19.8 Å². The van der Waals surface area contributed by atoms with E-state index in [2.05, 4.69) is 31.2 Å². The number of nitrogens with one attached hydrogen (secondary N) is 1. The van der Waals surface area contributed by atoms with Crippen LogP contribution in [0.3, 0.4) is 0 Å². The van der Waals surface area contributed by atoms with E-state index in [1.165, 1.54) is 0 Å².